The van der Waals surface area contributed by atoms with Crippen molar-refractivity contribution in [3.8, 4) is 5.82 Å². The Morgan fingerprint density at radius 2 is 1.65 bits per heavy atom. The number of nitrogens with two attached hydrogens (primary N) is 1. The second-order valence-electron chi connectivity index (χ2n) is 6.58. The van der Waals surface area contributed by atoms with Gasteiger partial charge in [0, 0.05) is 44.3 Å². The number of nitrogens with zero attached hydrogens (tertiary/aromatic N) is 6. The molecule has 0 aliphatic carbocycles. The monoisotopic (exact) mass is 349 g/mol. The minimum absolute atomic E-state index is 0.566. The quantitative estimate of drug-likeness (QED) is 0.781. The molecular formula is C19H23N7. The topological polar surface area (TPSA) is 76.1 Å². The summed E-state index contributed by atoms with van der Waals surface area (Å²) in [6.45, 7) is 7.96. The van der Waals surface area contributed by atoms with Crippen LogP contribution in [-0.2, 0) is 0 Å². The van der Waals surface area contributed by atoms with E-state index in [4.69, 9.17) is 5.73 Å². The summed E-state index contributed by atoms with van der Waals surface area (Å²) in [5.41, 5.74) is 10.9. The highest BCUT2D eigenvalue weighted by atomic mass is 15.3. The molecule has 7 nitrogen and oxygen atoms in total. The lowest BCUT2D eigenvalue weighted by Crippen LogP contribution is -2.47. The lowest BCUT2D eigenvalue weighted by Gasteiger charge is -2.38. The van der Waals surface area contributed by atoms with Gasteiger partial charge in [-0.15, -0.1) is 0 Å². The van der Waals surface area contributed by atoms with Crippen LogP contribution in [0.15, 0.2) is 43.0 Å². The molecule has 26 heavy (non-hydrogen) atoms. The molecule has 2 aromatic heterocycles. The van der Waals surface area contributed by atoms with E-state index in [9.17, 15) is 0 Å². The third-order valence-electron chi connectivity index (χ3n) is 5.06. The van der Waals surface area contributed by atoms with Gasteiger partial charge in [-0.05, 0) is 37.1 Å². The highest BCUT2D eigenvalue weighted by Crippen LogP contribution is 2.28. The van der Waals surface area contributed by atoms with E-state index in [1.165, 1.54) is 16.8 Å². The molecule has 4 rings (SSSR count). The number of nitrogen functional groups attached to an aromatic ring is 1. The van der Waals surface area contributed by atoms with Crippen molar-refractivity contribution in [2.24, 2.45) is 0 Å². The Hall–Kier alpha value is -3.09. The summed E-state index contributed by atoms with van der Waals surface area (Å²) in [5, 5.41) is 4.22. The molecule has 0 spiro atoms. The van der Waals surface area contributed by atoms with Gasteiger partial charge in [0.15, 0.2) is 11.6 Å². The van der Waals surface area contributed by atoms with Gasteiger partial charge in [0.2, 0.25) is 0 Å². The van der Waals surface area contributed by atoms with Crippen LogP contribution in [0.3, 0.4) is 0 Å². The minimum atomic E-state index is 0.566. The molecule has 0 amide bonds. The fourth-order valence-electron chi connectivity index (χ4n) is 3.44. The number of hydrogen-bond acceptors (Lipinski definition) is 6. The number of piperazine rings is 1. The van der Waals surface area contributed by atoms with Crippen LogP contribution >= 0.6 is 0 Å². The van der Waals surface area contributed by atoms with Gasteiger partial charge in [-0.25, -0.2) is 14.6 Å². The first-order valence-electron chi connectivity index (χ1n) is 8.82. The summed E-state index contributed by atoms with van der Waals surface area (Å²) < 4.78 is 1.67. The summed E-state index contributed by atoms with van der Waals surface area (Å²) >= 11 is 0. The molecule has 2 N–H and O–H groups in total. The standard InChI is InChI=1S/C19H23N7/c1-14-5-3-6-16(15(14)2)24-9-11-25(12-10-24)18-17(20)19(22-13-21-18)26-8-4-7-23-26/h3-8,13H,9-12,20H2,1-2H3. The van der Waals surface area contributed by atoms with Gasteiger partial charge in [-0.2, -0.15) is 5.10 Å². The van der Waals surface area contributed by atoms with Crippen LogP contribution in [0.2, 0.25) is 0 Å². The molecule has 1 aliphatic heterocycles. The van der Waals surface area contributed by atoms with Crippen LogP contribution in [0.4, 0.5) is 17.2 Å². The van der Waals surface area contributed by atoms with E-state index in [0.717, 1.165) is 32.0 Å². The van der Waals surface area contributed by atoms with Gasteiger partial charge >= 0.3 is 0 Å². The highest BCUT2D eigenvalue weighted by molar-refractivity contribution is 5.70. The van der Waals surface area contributed by atoms with E-state index in [1.54, 1.807) is 17.2 Å². The van der Waals surface area contributed by atoms with Crippen molar-refractivity contribution in [3.05, 3.63) is 54.1 Å². The zero-order valence-electron chi connectivity index (χ0n) is 15.1. The van der Waals surface area contributed by atoms with Crippen molar-refractivity contribution in [1.29, 1.82) is 0 Å². The Kier molecular flexibility index (Phi) is 4.20. The Bertz CT molecular complexity index is 896. The van der Waals surface area contributed by atoms with Crippen LogP contribution in [0.5, 0.6) is 0 Å². The van der Waals surface area contributed by atoms with Gasteiger partial charge in [-0.3, -0.25) is 0 Å². The Morgan fingerprint density at radius 3 is 2.38 bits per heavy atom. The number of benzene rings is 1. The van der Waals surface area contributed by atoms with Crippen LogP contribution in [0, 0.1) is 13.8 Å². The van der Waals surface area contributed by atoms with E-state index >= 15 is 0 Å². The van der Waals surface area contributed by atoms with Gasteiger partial charge < -0.3 is 15.5 Å². The molecule has 0 atom stereocenters. The molecule has 0 bridgehead atoms. The summed E-state index contributed by atoms with van der Waals surface area (Å²) in [7, 11) is 0. The van der Waals surface area contributed by atoms with Crippen LogP contribution in [0.25, 0.3) is 5.82 Å². The first-order chi connectivity index (χ1) is 12.6. The third-order valence-corrected chi connectivity index (χ3v) is 5.06. The maximum absolute atomic E-state index is 6.35. The number of hydrogen-bond donors (Lipinski definition) is 1. The molecule has 3 aromatic rings. The molecule has 1 aromatic carbocycles. The first-order valence-corrected chi connectivity index (χ1v) is 8.82. The predicted octanol–water partition coefficient (Wildman–Crippen LogP) is 2.19. The van der Waals surface area contributed by atoms with E-state index in [1.807, 2.05) is 12.3 Å². The SMILES string of the molecule is Cc1cccc(N2CCN(c3ncnc(-n4cccn4)c3N)CC2)c1C. The van der Waals surface area contributed by atoms with Gasteiger partial charge in [0.05, 0.1) is 0 Å². The zero-order valence-corrected chi connectivity index (χ0v) is 15.1. The summed E-state index contributed by atoms with van der Waals surface area (Å²) in [6, 6.07) is 8.34. The molecule has 1 aliphatic rings. The molecule has 0 radical (unpaired) electrons. The normalized spacial score (nSPS) is 14.7. The summed E-state index contributed by atoms with van der Waals surface area (Å²) in [6.07, 6.45) is 5.10. The smallest absolute Gasteiger partial charge is 0.181 e. The molecule has 7 heteroatoms. The van der Waals surface area contributed by atoms with Crippen LogP contribution in [-0.4, -0.2) is 45.9 Å². The minimum Gasteiger partial charge on any atom is -0.393 e. The number of aromatic nitrogens is 4. The second-order valence-corrected chi connectivity index (χ2v) is 6.58. The number of anilines is 3. The average molecular weight is 349 g/mol. The van der Waals surface area contributed by atoms with Gasteiger partial charge in [-0.1, -0.05) is 12.1 Å². The average Bonchev–Trinajstić information content (AvgIpc) is 3.19. The van der Waals surface area contributed by atoms with Crippen molar-refractivity contribution in [1.82, 2.24) is 19.7 Å². The highest BCUT2D eigenvalue weighted by Gasteiger charge is 2.22. The van der Waals surface area contributed by atoms with Crippen molar-refractivity contribution < 1.29 is 0 Å². The van der Waals surface area contributed by atoms with Crippen molar-refractivity contribution in [3.63, 3.8) is 0 Å². The largest absolute Gasteiger partial charge is 0.393 e. The molecule has 3 heterocycles. The molecule has 1 fully saturated rings. The molecule has 134 valence electrons. The van der Waals surface area contributed by atoms with E-state index in [0.29, 0.717) is 11.5 Å². The predicted molar refractivity (Wildman–Crippen MR) is 104 cm³/mol. The number of rotatable bonds is 3. The second kappa shape index (κ2) is 6.67. The molecule has 1 saturated heterocycles. The summed E-state index contributed by atoms with van der Waals surface area (Å²) in [5.74, 6) is 1.41. The fraction of sp³-hybridized carbons (Fsp3) is 0.316. The molecular weight excluding hydrogens is 326 g/mol. The van der Waals surface area contributed by atoms with Crippen molar-refractivity contribution >= 4 is 17.2 Å². The fourth-order valence-corrected chi connectivity index (χ4v) is 3.44. The summed E-state index contributed by atoms with van der Waals surface area (Å²) in [4.78, 5) is 13.4. The zero-order chi connectivity index (χ0) is 18.1. The third kappa shape index (κ3) is 2.85. The van der Waals surface area contributed by atoms with E-state index in [2.05, 4.69) is 56.9 Å². The first kappa shape index (κ1) is 16.4. The lowest BCUT2D eigenvalue weighted by atomic mass is 10.1. The van der Waals surface area contributed by atoms with Crippen molar-refractivity contribution in [2.75, 3.05) is 41.7 Å². The lowest BCUT2D eigenvalue weighted by molar-refractivity contribution is 0.645. The Morgan fingerprint density at radius 1 is 0.923 bits per heavy atom. The van der Waals surface area contributed by atoms with Gasteiger partial charge in [0.25, 0.3) is 0 Å². The van der Waals surface area contributed by atoms with E-state index in [-0.39, 0.29) is 0 Å². The van der Waals surface area contributed by atoms with Crippen molar-refractivity contribution in [2.45, 2.75) is 13.8 Å². The van der Waals surface area contributed by atoms with Crippen LogP contribution < -0.4 is 15.5 Å². The Balaban J connectivity index is 1.54. The van der Waals surface area contributed by atoms with Gasteiger partial charge in [0.1, 0.15) is 12.0 Å². The maximum atomic E-state index is 6.35. The Labute approximate surface area is 153 Å². The van der Waals surface area contributed by atoms with E-state index < -0.39 is 0 Å². The van der Waals surface area contributed by atoms with Crippen LogP contribution in [0.1, 0.15) is 11.1 Å². The maximum Gasteiger partial charge on any atom is 0.181 e. The molecule has 0 saturated carbocycles. The number of aryl methyl sites for hydroxylation is 1. The molecule has 0 unspecified atom stereocenters.